The molecule has 0 spiro atoms. The van der Waals surface area contributed by atoms with Gasteiger partial charge < -0.3 is 15.4 Å². The number of amides is 2. The Hall–Kier alpha value is -2.73. The van der Waals surface area contributed by atoms with Gasteiger partial charge in [0.1, 0.15) is 0 Å². The normalized spacial score (nSPS) is 22.3. The highest BCUT2D eigenvalue weighted by Gasteiger charge is 2.44. The molecule has 31 heavy (non-hydrogen) atoms. The van der Waals surface area contributed by atoms with Crippen molar-refractivity contribution < 1.29 is 14.3 Å². The van der Waals surface area contributed by atoms with Crippen LogP contribution in [0.4, 0.5) is 0 Å². The van der Waals surface area contributed by atoms with Crippen molar-refractivity contribution in [2.45, 2.75) is 50.5 Å². The summed E-state index contributed by atoms with van der Waals surface area (Å²) in [5, 5.41) is 0. The van der Waals surface area contributed by atoms with E-state index in [-0.39, 0.29) is 12.5 Å². The fourth-order valence-corrected chi connectivity index (χ4v) is 4.83. The second-order valence-electron chi connectivity index (χ2n) is 8.85. The molecule has 0 radical (unpaired) electrons. The molecule has 1 aromatic heterocycles. The summed E-state index contributed by atoms with van der Waals surface area (Å²) in [6.07, 6.45) is 10.4. The molecule has 1 aromatic carbocycles. The van der Waals surface area contributed by atoms with Gasteiger partial charge in [-0.15, -0.1) is 0 Å². The molecule has 2 aromatic rings. The number of rotatable bonds is 6. The Bertz CT molecular complexity index is 911. The topological polar surface area (TPSA) is 85.5 Å². The van der Waals surface area contributed by atoms with Crippen molar-refractivity contribution in [2.24, 2.45) is 11.7 Å². The number of nitrogens with zero attached hydrogens (tertiary/aromatic N) is 2. The number of hydrogen-bond acceptors (Lipinski definition) is 4. The third-order valence-electron chi connectivity index (χ3n) is 6.59. The molecule has 6 heteroatoms. The minimum absolute atomic E-state index is 0.116. The summed E-state index contributed by atoms with van der Waals surface area (Å²) < 4.78 is 5.97. The van der Waals surface area contributed by atoms with Crippen molar-refractivity contribution in [2.75, 3.05) is 19.7 Å². The highest BCUT2D eigenvalue weighted by atomic mass is 16.5. The van der Waals surface area contributed by atoms with Crippen LogP contribution in [0.2, 0.25) is 0 Å². The van der Waals surface area contributed by atoms with Gasteiger partial charge in [0.25, 0.3) is 5.91 Å². The van der Waals surface area contributed by atoms with Crippen molar-refractivity contribution in [1.29, 1.82) is 0 Å². The quantitative estimate of drug-likeness (QED) is 0.775. The first-order chi connectivity index (χ1) is 15.1. The number of carbonyl (C=O) groups is 2. The van der Waals surface area contributed by atoms with Crippen LogP contribution in [-0.4, -0.2) is 47.0 Å². The van der Waals surface area contributed by atoms with Crippen molar-refractivity contribution in [1.82, 2.24) is 9.88 Å². The first kappa shape index (κ1) is 21.5. The molecule has 1 saturated carbocycles. The summed E-state index contributed by atoms with van der Waals surface area (Å²) in [5.41, 5.74) is 7.61. The predicted octanol–water partition coefficient (Wildman–Crippen LogP) is 3.34. The summed E-state index contributed by atoms with van der Waals surface area (Å²) in [7, 11) is 0. The van der Waals surface area contributed by atoms with Crippen molar-refractivity contribution >= 4 is 11.8 Å². The number of pyridine rings is 1. The minimum atomic E-state index is -1.20. The lowest BCUT2D eigenvalue weighted by atomic mass is 9.86. The summed E-state index contributed by atoms with van der Waals surface area (Å²) >= 11 is 0. The molecular weight excluding hydrogens is 390 g/mol. The second-order valence-corrected chi connectivity index (χ2v) is 8.85. The van der Waals surface area contributed by atoms with E-state index in [9.17, 15) is 9.59 Å². The molecule has 2 N–H and O–H groups in total. The summed E-state index contributed by atoms with van der Waals surface area (Å²) in [6, 6.07) is 11.9. The number of aromatic nitrogens is 1. The van der Waals surface area contributed by atoms with Gasteiger partial charge in [-0.3, -0.25) is 14.6 Å². The van der Waals surface area contributed by atoms with Gasteiger partial charge in [-0.2, -0.15) is 0 Å². The van der Waals surface area contributed by atoms with E-state index in [0.29, 0.717) is 31.9 Å². The minimum Gasteiger partial charge on any atom is -0.367 e. The number of carbonyl (C=O) groups excluding carboxylic acids is 2. The first-order valence-electron chi connectivity index (χ1n) is 11.3. The zero-order valence-electron chi connectivity index (χ0n) is 18.0. The molecule has 1 aliphatic carbocycles. The smallest absolute Gasteiger partial charge is 0.251 e. The van der Waals surface area contributed by atoms with E-state index >= 15 is 0 Å². The molecule has 1 atom stereocenters. The van der Waals surface area contributed by atoms with Gasteiger partial charge in [0.05, 0.1) is 13.2 Å². The van der Waals surface area contributed by atoms with Gasteiger partial charge in [0.2, 0.25) is 5.91 Å². The van der Waals surface area contributed by atoms with Crippen LogP contribution in [0.3, 0.4) is 0 Å². The Kier molecular flexibility index (Phi) is 6.66. The summed E-state index contributed by atoms with van der Waals surface area (Å²) in [5.74, 6) is 0.0580. The van der Waals surface area contributed by atoms with E-state index < -0.39 is 11.5 Å². The van der Waals surface area contributed by atoms with Crippen LogP contribution in [0.1, 0.15) is 44.1 Å². The fraction of sp³-hybridized carbons (Fsp3) is 0.480. The number of benzene rings is 1. The molecule has 0 bridgehead atoms. The lowest BCUT2D eigenvalue weighted by molar-refractivity contribution is -0.164. The third-order valence-corrected chi connectivity index (χ3v) is 6.59. The van der Waals surface area contributed by atoms with Crippen molar-refractivity contribution in [3.8, 4) is 11.1 Å². The van der Waals surface area contributed by atoms with E-state index in [1.165, 1.54) is 19.3 Å². The van der Waals surface area contributed by atoms with Crippen LogP contribution in [0, 0.1) is 5.92 Å². The van der Waals surface area contributed by atoms with Crippen molar-refractivity contribution in [3.05, 3.63) is 54.4 Å². The Morgan fingerprint density at radius 2 is 1.94 bits per heavy atom. The van der Waals surface area contributed by atoms with E-state index in [4.69, 9.17) is 10.5 Å². The lowest BCUT2D eigenvalue weighted by Gasteiger charge is -2.41. The zero-order chi connectivity index (χ0) is 21.7. The molecule has 2 amide bonds. The number of ether oxygens (including phenoxy) is 1. The molecule has 4 rings (SSSR count). The molecule has 6 nitrogen and oxygen atoms in total. The van der Waals surface area contributed by atoms with Crippen molar-refractivity contribution in [3.63, 3.8) is 0 Å². The molecule has 0 unspecified atom stereocenters. The van der Waals surface area contributed by atoms with Crippen LogP contribution in [0.5, 0.6) is 0 Å². The Labute approximate surface area is 183 Å². The van der Waals surface area contributed by atoms with Gasteiger partial charge >= 0.3 is 0 Å². The molecule has 164 valence electrons. The van der Waals surface area contributed by atoms with Gasteiger partial charge in [-0.25, -0.2) is 0 Å². The molecule has 1 saturated heterocycles. The molecule has 2 aliphatic rings. The summed E-state index contributed by atoms with van der Waals surface area (Å²) in [4.78, 5) is 31.5. The second kappa shape index (κ2) is 9.60. The van der Waals surface area contributed by atoms with E-state index in [1.807, 2.05) is 42.6 Å². The average Bonchev–Trinajstić information content (AvgIpc) is 2.80. The van der Waals surface area contributed by atoms with Gasteiger partial charge in [-0.1, -0.05) is 49.6 Å². The summed E-state index contributed by atoms with van der Waals surface area (Å²) in [6.45, 7) is 1.04. The average molecular weight is 422 g/mol. The maximum atomic E-state index is 13.0. The predicted molar refractivity (Wildman–Crippen MR) is 119 cm³/mol. The van der Waals surface area contributed by atoms with E-state index in [0.717, 1.165) is 29.5 Å². The maximum absolute atomic E-state index is 13.0. The van der Waals surface area contributed by atoms with Gasteiger partial charge in [0, 0.05) is 31.8 Å². The van der Waals surface area contributed by atoms with Crippen LogP contribution >= 0.6 is 0 Å². The van der Waals surface area contributed by atoms with Crippen LogP contribution in [-0.2, 0) is 20.7 Å². The number of morpholine rings is 1. The molecule has 2 heterocycles. The van der Waals surface area contributed by atoms with Crippen LogP contribution < -0.4 is 5.73 Å². The standard InChI is InChI=1S/C25H31N3O3/c26-24(30)25(16-20-8-4-9-21(14-20)22-10-5-11-27-17-22)18-28(12-13-31-25)23(29)15-19-6-2-1-3-7-19/h4-5,8-11,14,17,19H,1-3,6-7,12-13,15-16,18H2,(H2,26,30)/t25-/m0/s1. The van der Waals surface area contributed by atoms with E-state index in [2.05, 4.69) is 4.98 Å². The lowest BCUT2D eigenvalue weighted by Crippen LogP contribution is -2.61. The highest BCUT2D eigenvalue weighted by molar-refractivity contribution is 5.86. The first-order valence-corrected chi connectivity index (χ1v) is 11.3. The van der Waals surface area contributed by atoms with Crippen LogP contribution in [0.25, 0.3) is 11.1 Å². The third kappa shape index (κ3) is 5.13. The fourth-order valence-electron chi connectivity index (χ4n) is 4.83. The Morgan fingerprint density at radius 1 is 1.13 bits per heavy atom. The van der Waals surface area contributed by atoms with E-state index in [1.54, 1.807) is 11.1 Å². The number of hydrogen-bond donors (Lipinski definition) is 1. The Balaban J connectivity index is 1.49. The molecular formula is C25H31N3O3. The molecule has 2 fully saturated rings. The number of primary amides is 1. The SMILES string of the molecule is NC(=O)[C@]1(Cc2cccc(-c3cccnc3)c2)CN(C(=O)CC2CCCCC2)CCO1. The Morgan fingerprint density at radius 3 is 2.68 bits per heavy atom. The van der Waals surface area contributed by atoms with Gasteiger partial charge in [0.15, 0.2) is 5.60 Å². The maximum Gasteiger partial charge on any atom is 0.251 e. The highest BCUT2D eigenvalue weighted by Crippen LogP contribution is 2.30. The van der Waals surface area contributed by atoms with Crippen LogP contribution in [0.15, 0.2) is 48.8 Å². The van der Waals surface area contributed by atoms with Gasteiger partial charge in [-0.05, 0) is 41.5 Å². The largest absolute Gasteiger partial charge is 0.367 e. The monoisotopic (exact) mass is 421 g/mol. The molecule has 1 aliphatic heterocycles. The number of nitrogens with two attached hydrogens (primary N) is 1. The zero-order valence-corrected chi connectivity index (χ0v) is 18.0.